The van der Waals surface area contributed by atoms with Gasteiger partial charge in [-0.2, -0.15) is 0 Å². The largest absolute Gasteiger partial charge is 0.395 e. The third-order valence-corrected chi connectivity index (χ3v) is 3.62. The average molecular weight is 276 g/mol. The fraction of sp³-hybridized carbons (Fsp3) is 0.636. The van der Waals surface area contributed by atoms with Crippen LogP contribution in [0.4, 0.5) is 0 Å². The Morgan fingerprint density at radius 1 is 1.41 bits per heavy atom. The monoisotopic (exact) mass is 275 g/mol. The first kappa shape index (κ1) is 13.0. The fourth-order valence-electron chi connectivity index (χ4n) is 2.17. The maximum atomic E-state index is 9.33. The molecule has 2 heterocycles. The molecule has 6 heteroatoms. The van der Waals surface area contributed by atoms with Crippen LogP contribution in [0, 0.1) is 0 Å². The van der Waals surface area contributed by atoms with Crippen LogP contribution in [0.25, 0.3) is 0 Å². The Kier molecular flexibility index (Phi) is 4.56. The van der Waals surface area contributed by atoms with Crippen LogP contribution in [0.1, 0.15) is 24.8 Å². The van der Waals surface area contributed by atoms with Gasteiger partial charge >= 0.3 is 0 Å². The highest BCUT2D eigenvalue weighted by atomic mass is 35.5. The van der Waals surface area contributed by atoms with Gasteiger partial charge in [-0.3, -0.25) is 4.90 Å². The predicted molar refractivity (Wildman–Crippen MR) is 67.2 cm³/mol. The van der Waals surface area contributed by atoms with E-state index >= 15 is 0 Å². The number of aliphatic hydroxyl groups is 1. The van der Waals surface area contributed by atoms with Crippen LogP contribution < -0.4 is 0 Å². The van der Waals surface area contributed by atoms with Crippen LogP contribution in [-0.4, -0.2) is 39.2 Å². The molecule has 0 bridgehead atoms. The van der Waals surface area contributed by atoms with Crippen molar-refractivity contribution in [2.24, 2.45) is 0 Å². The van der Waals surface area contributed by atoms with Gasteiger partial charge in [-0.1, -0.05) is 18.0 Å². The molecule has 1 N–H and O–H groups in total. The summed E-state index contributed by atoms with van der Waals surface area (Å²) in [4.78, 5) is 10.1. The van der Waals surface area contributed by atoms with Gasteiger partial charge in [0, 0.05) is 24.3 Å². The molecule has 94 valence electrons. The lowest BCUT2D eigenvalue weighted by Crippen LogP contribution is -2.41. The Morgan fingerprint density at radius 3 is 2.94 bits per heavy atom. The molecule has 1 saturated heterocycles. The summed E-state index contributed by atoms with van der Waals surface area (Å²) in [5.74, 6) is 0. The van der Waals surface area contributed by atoms with Crippen molar-refractivity contribution in [1.82, 2.24) is 14.9 Å². The molecule has 1 aliphatic rings. The van der Waals surface area contributed by atoms with Crippen LogP contribution >= 0.6 is 23.2 Å². The second-order valence-electron chi connectivity index (χ2n) is 4.26. The van der Waals surface area contributed by atoms with Gasteiger partial charge in [0.1, 0.15) is 5.15 Å². The zero-order valence-electron chi connectivity index (χ0n) is 9.44. The molecule has 1 aliphatic heterocycles. The Balaban J connectivity index is 2.08. The van der Waals surface area contributed by atoms with Gasteiger partial charge in [0.05, 0.1) is 6.61 Å². The van der Waals surface area contributed by atoms with Crippen LogP contribution in [0.5, 0.6) is 0 Å². The number of nitrogens with zero attached hydrogens (tertiary/aromatic N) is 3. The summed E-state index contributed by atoms with van der Waals surface area (Å²) < 4.78 is 0. The van der Waals surface area contributed by atoms with Gasteiger partial charge in [0.15, 0.2) is 0 Å². The van der Waals surface area contributed by atoms with Gasteiger partial charge in [0.25, 0.3) is 0 Å². The number of halogens is 2. The van der Waals surface area contributed by atoms with Gasteiger partial charge < -0.3 is 5.11 Å². The summed E-state index contributed by atoms with van der Waals surface area (Å²) >= 11 is 11.7. The van der Waals surface area contributed by atoms with Crippen molar-refractivity contribution in [3.05, 3.63) is 22.2 Å². The fourth-order valence-corrected chi connectivity index (χ4v) is 2.53. The maximum Gasteiger partial charge on any atom is 0.223 e. The Bertz CT molecular complexity index is 389. The molecule has 0 aromatic carbocycles. The first-order chi connectivity index (χ1) is 8.20. The SMILES string of the molecule is OCC1CCCCN1Cc1cnc(Cl)nc1Cl. The highest BCUT2D eigenvalue weighted by Crippen LogP contribution is 2.22. The standard InChI is InChI=1S/C11H15Cl2N3O/c12-10-8(5-14-11(13)15-10)6-16-4-2-1-3-9(16)7-17/h5,9,17H,1-4,6-7H2. The van der Waals surface area contributed by atoms with Crippen molar-refractivity contribution in [3.63, 3.8) is 0 Å². The van der Waals surface area contributed by atoms with E-state index in [-0.39, 0.29) is 17.9 Å². The van der Waals surface area contributed by atoms with Gasteiger partial charge in [0.2, 0.25) is 5.28 Å². The molecule has 0 aliphatic carbocycles. The van der Waals surface area contributed by atoms with Gasteiger partial charge in [-0.05, 0) is 31.0 Å². The van der Waals surface area contributed by atoms with Gasteiger partial charge in [-0.15, -0.1) is 0 Å². The van der Waals surface area contributed by atoms with Gasteiger partial charge in [-0.25, -0.2) is 9.97 Å². The first-order valence-corrected chi connectivity index (χ1v) is 6.48. The molecule has 0 saturated carbocycles. The summed E-state index contributed by atoms with van der Waals surface area (Å²) in [5.41, 5.74) is 0.858. The topological polar surface area (TPSA) is 49.2 Å². The minimum absolute atomic E-state index is 0.163. The van der Waals surface area contributed by atoms with E-state index < -0.39 is 0 Å². The number of piperidine rings is 1. The maximum absolute atomic E-state index is 9.33. The lowest BCUT2D eigenvalue weighted by molar-refractivity contribution is 0.0840. The van der Waals surface area contributed by atoms with E-state index in [1.807, 2.05) is 0 Å². The second kappa shape index (κ2) is 5.96. The van der Waals surface area contributed by atoms with Crippen molar-refractivity contribution < 1.29 is 5.11 Å². The van der Waals surface area contributed by atoms with Crippen LogP contribution in [-0.2, 0) is 6.54 Å². The number of hydrogen-bond acceptors (Lipinski definition) is 4. The van der Waals surface area contributed by atoms with Crippen molar-refractivity contribution in [2.45, 2.75) is 31.8 Å². The number of hydrogen-bond donors (Lipinski definition) is 1. The molecule has 0 radical (unpaired) electrons. The average Bonchev–Trinajstić information content (AvgIpc) is 2.33. The third-order valence-electron chi connectivity index (χ3n) is 3.12. The zero-order chi connectivity index (χ0) is 12.3. The number of rotatable bonds is 3. The van der Waals surface area contributed by atoms with E-state index in [1.165, 1.54) is 6.42 Å². The summed E-state index contributed by atoms with van der Waals surface area (Å²) in [6.07, 6.45) is 5.01. The van der Waals surface area contributed by atoms with Crippen LogP contribution in [0.3, 0.4) is 0 Å². The molecule has 1 unspecified atom stereocenters. The first-order valence-electron chi connectivity index (χ1n) is 5.72. The van der Waals surface area contributed by atoms with E-state index in [0.29, 0.717) is 11.7 Å². The summed E-state index contributed by atoms with van der Waals surface area (Å²) in [6.45, 7) is 1.83. The summed E-state index contributed by atoms with van der Waals surface area (Å²) in [6, 6.07) is 0.218. The van der Waals surface area contributed by atoms with E-state index in [4.69, 9.17) is 23.2 Å². The molecule has 1 atom stereocenters. The molecule has 1 aromatic heterocycles. The van der Waals surface area contributed by atoms with E-state index in [0.717, 1.165) is 24.9 Å². The highest BCUT2D eigenvalue weighted by molar-refractivity contribution is 6.32. The number of aliphatic hydroxyl groups excluding tert-OH is 1. The molecule has 17 heavy (non-hydrogen) atoms. The third kappa shape index (κ3) is 3.28. The molecule has 2 rings (SSSR count). The molecule has 4 nitrogen and oxygen atoms in total. The van der Waals surface area contributed by atoms with Crippen molar-refractivity contribution in [2.75, 3.05) is 13.2 Å². The molecular formula is C11H15Cl2N3O. The Labute approximate surface area is 111 Å². The second-order valence-corrected chi connectivity index (χ2v) is 4.95. The number of likely N-dealkylation sites (tertiary alicyclic amines) is 1. The van der Waals surface area contributed by atoms with Crippen molar-refractivity contribution in [3.8, 4) is 0 Å². The molecular weight excluding hydrogens is 261 g/mol. The molecule has 1 aromatic rings. The normalized spacial score (nSPS) is 21.7. The van der Waals surface area contributed by atoms with E-state index in [1.54, 1.807) is 6.20 Å². The minimum Gasteiger partial charge on any atom is -0.395 e. The molecule has 0 spiro atoms. The lowest BCUT2D eigenvalue weighted by Gasteiger charge is -2.34. The van der Waals surface area contributed by atoms with E-state index in [2.05, 4.69) is 14.9 Å². The predicted octanol–water partition coefficient (Wildman–Crippen LogP) is 2.13. The molecule has 0 amide bonds. The van der Waals surface area contributed by atoms with E-state index in [9.17, 15) is 5.11 Å². The molecule has 1 fully saturated rings. The number of aromatic nitrogens is 2. The van der Waals surface area contributed by atoms with Crippen LogP contribution in [0.15, 0.2) is 6.20 Å². The smallest absolute Gasteiger partial charge is 0.223 e. The van der Waals surface area contributed by atoms with Crippen LogP contribution in [0.2, 0.25) is 10.4 Å². The summed E-state index contributed by atoms with van der Waals surface area (Å²) in [5, 5.41) is 9.88. The lowest BCUT2D eigenvalue weighted by atomic mass is 10.0. The highest BCUT2D eigenvalue weighted by Gasteiger charge is 2.22. The van der Waals surface area contributed by atoms with Crippen molar-refractivity contribution >= 4 is 23.2 Å². The van der Waals surface area contributed by atoms with Crippen molar-refractivity contribution in [1.29, 1.82) is 0 Å². The Morgan fingerprint density at radius 2 is 2.24 bits per heavy atom. The minimum atomic E-state index is 0.163. The quantitative estimate of drug-likeness (QED) is 0.678. The Hall–Kier alpha value is -0.420. The summed E-state index contributed by atoms with van der Waals surface area (Å²) in [7, 11) is 0. The zero-order valence-corrected chi connectivity index (χ0v) is 11.0.